The molecule has 9 heteroatoms. The van der Waals surface area contributed by atoms with Crippen LogP contribution >= 0.6 is 0 Å². The minimum Gasteiger partial charge on any atom is -0.358 e. The normalized spacial score (nSPS) is 14.1. The number of carbonyl (C=O) groups is 2. The van der Waals surface area contributed by atoms with Crippen LogP contribution in [-0.2, 0) is 20.4 Å². The Kier molecular flexibility index (Phi) is 7.42. The van der Waals surface area contributed by atoms with Crippen molar-refractivity contribution in [3.8, 4) is 0 Å². The molecule has 2 amide bonds. The Morgan fingerprint density at radius 1 is 1.06 bits per heavy atom. The van der Waals surface area contributed by atoms with E-state index in [-0.39, 0.29) is 22.5 Å². The number of hydrogen-bond donors (Lipinski definition) is 4. The first-order valence-corrected chi connectivity index (χ1v) is 13.5. The van der Waals surface area contributed by atoms with Gasteiger partial charge in [0.15, 0.2) is 9.84 Å². The molecule has 0 radical (unpaired) electrons. The molecule has 0 unspecified atom stereocenters. The molecule has 8 nitrogen and oxygen atoms in total. The smallest absolute Gasteiger partial charge is 0.256 e. The highest BCUT2D eigenvalue weighted by Crippen LogP contribution is 2.36. The molecule has 0 fully saturated rings. The minimum atomic E-state index is -3.62. The third-order valence-corrected chi connectivity index (χ3v) is 7.85. The Morgan fingerprint density at radius 2 is 1.81 bits per heavy atom. The second-order valence-electron chi connectivity index (χ2n) is 8.74. The van der Waals surface area contributed by atoms with E-state index >= 15 is 0 Å². The highest BCUT2D eigenvalue weighted by molar-refractivity contribution is 7.90. The van der Waals surface area contributed by atoms with Gasteiger partial charge in [0, 0.05) is 35.7 Å². The summed E-state index contributed by atoms with van der Waals surface area (Å²) in [7, 11) is -3.62. The summed E-state index contributed by atoms with van der Waals surface area (Å²) < 4.78 is 26.1. The molecule has 1 aliphatic rings. The molecule has 188 valence electrons. The van der Waals surface area contributed by atoms with E-state index in [1.165, 1.54) is 12.1 Å². The van der Waals surface area contributed by atoms with Gasteiger partial charge in [-0.25, -0.2) is 8.42 Å². The van der Waals surface area contributed by atoms with Crippen molar-refractivity contribution in [3.05, 3.63) is 82.2 Å². The van der Waals surface area contributed by atoms with Gasteiger partial charge in [-0.1, -0.05) is 37.3 Å². The lowest BCUT2D eigenvalue weighted by Gasteiger charge is -2.07. The second kappa shape index (κ2) is 10.5. The third-order valence-electron chi connectivity index (χ3n) is 6.16. The van der Waals surface area contributed by atoms with Crippen LogP contribution in [0.2, 0.25) is 0 Å². The van der Waals surface area contributed by atoms with Crippen molar-refractivity contribution in [1.82, 2.24) is 15.6 Å². The van der Waals surface area contributed by atoms with E-state index in [9.17, 15) is 18.0 Å². The Balaban J connectivity index is 1.64. The van der Waals surface area contributed by atoms with Crippen LogP contribution in [0.25, 0.3) is 11.6 Å². The van der Waals surface area contributed by atoms with Crippen LogP contribution in [0.4, 0.5) is 5.69 Å². The first-order valence-electron chi connectivity index (χ1n) is 11.8. The van der Waals surface area contributed by atoms with Gasteiger partial charge >= 0.3 is 0 Å². The van der Waals surface area contributed by atoms with Crippen LogP contribution in [0.15, 0.2) is 53.4 Å². The predicted molar refractivity (Wildman–Crippen MR) is 141 cm³/mol. The number of sulfone groups is 1. The molecule has 1 aromatic heterocycles. The topological polar surface area (TPSA) is 120 Å². The van der Waals surface area contributed by atoms with Crippen molar-refractivity contribution >= 4 is 39.0 Å². The molecule has 1 aliphatic heterocycles. The minimum absolute atomic E-state index is 0.131. The average Bonchev–Trinajstić information content (AvgIpc) is 3.31. The molecule has 2 aromatic carbocycles. The number of hydrogen-bond acceptors (Lipinski definition) is 5. The maximum Gasteiger partial charge on any atom is 0.256 e. The van der Waals surface area contributed by atoms with Crippen LogP contribution in [0.5, 0.6) is 0 Å². The quantitative estimate of drug-likeness (QED) is 0.262. The van der Waals surface area contributed by atoms with Crippen molar-refractivity contribution in [3.63, 3.8) is 0 Å². The molecule has 0 bridgehead atoms. The second-order valence-corrected chi connectivity index (χ2v) is 10.7. The van der Waals surface area contributed by atoms with Crippen molar-refractivity contribution in [2.24, 2.45) is 0 Å². The summed E-state index contributed by atoms with van der Waals surface area (Å²) >= 11 is 0. The molecule has 3 aromatic rings. The number of amides is 2. The zero-order valence-corrected chi connectivity index (χ0v) is 21.4. The first-order chi connectivity index (χ1) is 17.2. The van der Waals surface area contributed by atoms with Gasteiger partial charge in [-0.3, -0.25) is 9.59 Å². The van der Waals surface area contributed by atoms with E-state index < -0.39 is 9.84 Å². The summed E-state index contributed by atoms with van der Waals surface area (Å²) in [5.74, 6) is -0.644. The molecular formula is C27H30N4O4S. The lowest BCUT2D eigenvalue weighted by atomic mass is 10.0. The zero-order valence-electron chi connectivity index (χ0n) is 20.6. The highest BCUT2D eigenvalue weighted by Gasteiger charge is 2.28. The fourth-order valence-corrected chi connectivity index (χ4v) is 5.68. The molecule has 0 aliphatic carbocycles. The zero-order chi connectivity index (χ0) is 25.9. The van der Waals surface area contributed by atoms with Crippen LogP contribution in [-0.4, -0.2) is 44.9 Å². The van der Waals surface area contributed by atoms with Crippen LogP contribution in [0.3, 0.4) is 0 Å². The maximum atomic E-state index is 13.1. The van der Waals surface area contributed by atoms with Crippen molar-refractivity contribution in [1.29, 1.82) is 0 Å². The van der Waals surface area contributed by atoms with Gasteiger partial charge in [0.25, 0.3) is 11.8 Å². The summed E-state index contributed by atoms with van der Waals surface area (Å²) in [4.78, 5) is 28.9. The number of aromatic amines is 1. The summed E-state index contributed by atoms with van der Waals surface area (Å²) in [5, 5.41) is 8.86. The standard InChI is InChI=1S/C27H30N4O4S/c1-4-28-12-13-29-27(33)25-17(2)24(30-18(25)3)15-22-21-14-20(10-11-23(21)31-26(22)32)36(34,35)16-19-8-6-5-7-9-19/h5-11,14-15,28,30H,4,12-13,16H2,1-3H3,(H,29,33)(H,31,32)/b22-15-. The Morgan fingerprint density at radius 3 is 2.53 bits per heavy atom. The van der Waals surface area contributed by atoms with E-state index in [0.29, 0.717) is 52.4 Å². The van der Waals surface area contributed by atoms with Gasteiger partial charge in [-0.2, -0.15) is 0 Å². The third kappa shape index (κ3) is 5.27. The number of H-pyrrole nitrogens is 1. The van der Waals surface area contributed by atoms with Gasteiger partial charge in [0.05, 0.1) is 21.8 Å². The molecule has 0 atom stereocenters. The molecular weight excluding hydrogens is 476 g/mol. The number of nitrogens with one attached hydrogen (secondary N) is 4. The fourth-order valence-electron chi connectivity index (χ4n) is 4.31. The van der Waals surface area contributed by atoms with Gasteiger partial charge in [-0.15, -0.1) is 0 Å². The molecule has 0 saturated carbocycles. The van der Waals surface area contributed by atoms with E-state index in [0.717, 1.165) is 12.1 Å². The lowest BCUT2D eigenvalue weighted by molar-refractivity contribution is -0.110. The van der Waals surface area contributed by atoms with Crippen molar-refractivity contribution < 1.29 is 18.0 Å². The summed E-state index contributed by atoms with van der Waals surface area (Å²) in [6.45, 7) is 7.64. The summed E-state index contributed by atoms with van der Waals surface area (Å²) in [5.41, 5.74) is 4.66. The largest absolute Gasteiger partial charge is 0.358 e. The molecule has 2 heterocycles. The molecule has 4 rings (SSSR count). The molecule has 0 saturated heterocycles. The van der Waals surface area contributed by atoms with E-state index in [1.54, 1.807) is 36.4 Å². The summed E-state index contributed by atoms with van der Waals surface area (Å²) in [6.07, 6.45) is 1.67. The van der Waals surface area contributed by atoms with Crippen LogP contribution in [0.1, 0.15) is 45.4 Å². The van der Waals surface area contributed by atoms with E-state index in [1.807, 2.05) is 26.8 Å². The Hall–Kier alpha value is -3.69. The maximum absolute atomic E-state index is 13.1. The van der Waals surface area contributed by atoms with Gasteiger partial charge in [-0.05, 0) is 55.8 Å². The lowest BCUT2D eigenvalue weighted by Crippen LogP contribution is -2.32. The van der Waals surface area contributed by atoms with Crippen LogP contribution in [0, 0.1) is 13.8 Å². The Labute approximate surface area is 211 Å². The number of benzene rings is 2. The number of anilines is 1. The monoisotopic (exact) mass is 506 g/mol. The number of aryl methyl sites for hydroxylation is 1. The van der Waals surface area contributed by atoms with Gasteiger partial charge < -0.3 is 20.9 Å². The number of likely N-dealkylation sites (N-methyl/N-ethyl adjacent to an activating group) is 1. The SMILES string of the molecule is CCNCCNC(=O)c1c(C)[nH]c(/C=C2\C(=O)Nc3ccc(S(=O)(=O)Cc4ccccc4)cc32)c1C. The number of fused-ring (bicyclic) bond motifs is 1. The summed E-state index contributed by atoms with van der Waals surface area (Å²) in [6, 6.07) is 13.6. The van der Waals surface area contributed by atoms with Crippen molar-refractivity contribution in [2.75, 3.05) is 25.0 Å². The van der Waals surface area contributed by atoms with Crippen molar-refractivity contribution in [2.45, 2.75) is 31.4 Å². The highest BCUT2D eigenvalue weighted by atomic mass is 32.2. The van der Waals surface area contributed by atoms with E-state index in [4.69, 9.17) is 0 Å². The van der Waals surface area contributed by atoms with Gasteiger partial charge in [0.1, 0.15) is 0 Å². The van der Waals surface area contributed by atoms with Gasteiger partial charge in [0.2, 0.25) is 0 Å². The number of carbonyl (C=O) groups excluding carboxylic acids is 2. The fraction of sp³-hybridized carbons (Fsp3) is 0.259. The number of aromatic nitrogens is 1. The van der Waals surface area contributed by atoms with E-state index in [2.05, 4.69) is 20.9 Å². The molecule has 36 heavy (non-hydrogen) atoms. The molecule has 0 spiro atoms. The number of rotatable bonds is 9. The Bertz CT molecular complexity index is 1440. The first kappa shape index (κ1) is 25.4. The van der Waals surface area contributed by atoms with Crippen LogP contribution < -0.4 is 16.0 Å². The average molecular weight is 507 g/mol. The molecule has 4 N–H and O–H groups in total. The predicted octanol–water partition coefficient (Wildman–Crippen LogP) is 3.44.